The van der Waals surface area contributed by atoms with Crippen molar-refractivity contribution < 1.29 is 14.3 Å². The van der Waals surface area contributed by atoms with Crippen molar-refractivity contribution in [3.05, 3.63) is 70.4 Å². The predicted octanol–water partition coefficient (Wildman–Crippen LogP) is 2.84. The summed E-state index contributed by atoms with van der Waals surface area (Å²) in [4.78, 5) is 36.7. The first-order valence-corrected chi connectivity index (χ1v) is 12.2. The molecular formula is C26H27ClN4O3. The minimum atomic E-state index is -0.515. The van der Waals surface area contributed by atoms with Crippen LogP contribution in [0.2, 0.25) is 5.02 Å². The van der Waals surface area contributed by atoms with E-state index in [-0.39, 0.29) is 24.4 Å². The molecule has 2 fully saturated rings. The summed E-state index contributed by atoms with van der Waals surface area (Å²) in [6, 6.07) is 14.9. The number of carbonyl (C=O) groups excluding carboxylic acids is 2. The third kappa shape index (κ3) is 3.68. The van der Waals surface area contributed by atoms with Crippen molar-refractivity contribution in [3.8, 4) is 0 Å². The zero-order valence-corrected chi connectivity index (χ0v) is 19.6. The smallest absolute Gasteiger partial charge is 0.246 e. The number of aromatic amines is 1. The molecule has 0 saturated carbocycles. The Bertz CT molecular complexity index is 1230. The average Bonchev–Trinajstić information content (AvgIpc) is 3.24. The predicted molar refractivity (Wildman–Crippen MR) is 130 cm³/mol. The number of aromatic nitrogens is 1. The summed E-state index contributed by atoms with van der Waals surface area (Å²) in [7, 11) is 0. The summed E-state index contributed by atoms with van der Waals surface area (Å²) in [5.41, 5.74) is 4.08. The minimum absolute atomic E-state index is 0.0177. The maximum atomic E-state index is 13.7. The molecule has 0 spiro atoms. The van der Waals surface area contributed by atoms with Gasteiger partial charge in [-0.1, -0.05) is 41.9 Å². The summed E-state index contributed by atoms with van der Waals surface area (Å²) in [6.07, 6.45) is 0.516. The van der Waals surface area contributed by atoms with Crippen LogP contribution in [0, 0.1) is 0 Å². The van der Waals surface area contributed by atoms with E-state index in [1.54, 1.807) is 9.80 Å². The van der Waals surface area contributed by atoms with E-state index in [1.165, 1.54) is 0 Å². The van der Waals surface area contributed by atoms with Gasteiger partial charge in [0.2, 0.25) is 11.8 Å². The number of hydrogen-bond donors (Lipinski definition) is 1. The number of morpholine rings is 1. The lowest BCUT2D eigenvalue weighted by atomic mass is 9.86. The van der Waals surface area contributed by atoms with Crippen LogP contribution in [0.4, 0.5) is 0 Å². The number of ether oxygens (including phenoxy) is 1. The fourth-order valence-electron chi connectivity index (χ4n) is 5.59. The Morgan fingerprint density at radius 2 is 1.76 bits per heavy atom. The van der Waals surface area contributed by atoms with Crippen molar-refractivity contribution in [3.63, 3.8) is 0 Å². The molecule has 0 radical (unpaired) electrons. The van der Waals surface area contributed by atoms with Crippen molar-refractivity contribution in [2.45, 2.75) is 18.5 Å². The number of hydrogen-bond acceptors (Lipinski definition) is 4. The molecule has 2 atom stereocenters. The molecule has 3 aliphatic heterocycles. The molecule has 176 valence electrons. The number of para-hydroxylation sites is 1. The van der Waals surface area contributed by atoms with Gasteiger partial charge in [0.05, 0.1) is 25.8 Å². The number of piperazine rings is 1. The number of H-pyrrole nitrogens is 1. The third-order valence-electron chi connectivity index (χ3n) is 7.32. The summed E-state index contributed by atoms with van der Waals surface area (Å²) in [6.45, 7) is 4.59. The van der Waals surface area contributed by atoms with Gasteiger partial charge < -0.3 is 19.5 Å². The molecule has 1 N–H and O–H groups in total. The molecule has 0 aliphatic carbocycles. The monoisotopic (exact) mass is 478 g/mol. The standard InChI is InChI=1S/C26H27ClN4O3/c27-18-7-5-17(6-8-18)25-24-20(19-3-1-2-4-21(19)28-24)15-22-26(33)30(16-23(32)31(22)25)10-9-29-11-13-34-14-12-29/h1-8,22,25,28H,9-16H2/t22-,25-/m0/s1. The van der Waals surface area contributed by atoms with Crippen LogP contribution in [0.1, 0.15) is 22.9 Å². The first kappa shape index (κ1) is 21.6. The van der Waals surface area contributed by atoms with Gasteiger partial charge in [-0.25, -0.2) is 0 Å². The Hall–Kier alpha value is -2.87. The molecule has 3 aliphatic rings. The maximum Gasteiger partial charge on any atom is 0.246 e. The van der Waals surface area contributed by atoms with E-state index in [0.717, 1.165) is 60.6 Å². The summed E-state index contributed by atoms with van der Waals surface area (Å²) in [5, 5.41) is 1.75. The SMILES string of the molecule is O=C1[C@@H]2Cc3c([nH]c4ccccc34)[C@H](c3ccc(Cl)cc3)N2C(=O)CN1CCN1CCOCC1. The molecule has 1 aromatic heterocycles. The minimum Gasteiger partial charge on any atom is -0.379 e. The van der Waals surface area contributed by atoms with E-state index in [2.05, 4.69) is 16.0 Å². The molecule has 34 heavy (non-hydrogen) atoms. The lowest BCUT2D eigenvalue weighted by Crippen LogP contribution is -2.63. The van der Waals surface area contributed by atoms with E-state index in [1.807, 2.05) is 42.5 Å². The number of amides is 2. The van der Waals surface area contributed by atoms with E-state index in [0.29, 0.717) is 18.0 Å². The van der Waals surface area contributed by atoms with Crippen molar-refractivity contribution in [2.24, 2.45) is 0 Å². The van der Waals surface area contributed by atoms with E-state index in [9.17, 15) is 9.59 Å². The Labute approximate surface area is 203 Å². The molecular weight excluding hydrogens is 452 g/mol. The molecule has 0 unspecified atom stereocenters. The zero-order valence-electron chi connectivity index (χ0n) is 18.9. The number of rotatable bonds is 4. The van der Waals surface area contributed by atoms with Crippen molar-refractivity contribution in [2.75, 3.05) is 45.9 Å². The van der Waals surface area contributed by atoms with Gasteiger partial charge in [-0.3, -0.25) is 14.5 Å². The molecule has 8 heteroatoms. The molecule has 0 bridgehead atoms. The Morgan fingerprint density at radius 3 is 2.56 bits per heavy atom. The lowest BCUT2D eigenvalue weighted by Gasteiger charge is -2.47. The maximum absolute atomic E-state index is 13.7. The fourth-order valence-corrected chi connectivity index (χ4v) is 5.72. The third-order valence-corrected chi connectivity index (χ3v) is 7.57. The van der Waals surface area contributed by atoms with Crippen LogP contribution in [-0.2, 0) is 20.7 Å². The van der Waals surface area contributed by atoms with Crippen LogP contribution in [0.15, 0.2) is 48.5 Å². The van der Waals surface area contributed by atoms with Crippen molar-refractivity contribution >= 4 is 34.3 Å². The molecule has 6 rings (SSSR count). The lowest BCUT2D eigenvalue weighted by molar-refractivity contribution is -0.158. The van der Waals surface area contributed by atoms with Crippen molar-refractivity contribution in [1.82, 2.24) is 19.7 Å². The van der Waals surface area contributed by atoms with E-state index >= 15 is 0 Å². The van der Waals surface area contributed by atoms with Crippen LogP contribution in [0.5, 0.6) is 0 Å². The number of nitrogens with one attached hydrogen (secondary N) is 1. The highest BCUT2D eigenvalue weighted by atomic mass is 35.5. The van der Waals surface area contributed by atoms with Crippen LogP contribution in [-0.4, -0.2) is 83.5 Å². The van der Waals surface area contributed by atoms with Crippen molar-refractivity contribution in [1.29, 1.82) is 0 Å². The number of benzene rings is 2. The Morgan fingerprint density at radius 1 is 1.00 bits per heavy atom. The highest BCUT2D eigenvalue weighted by Gasteiger charge is 2.48. The molecule has 4 heterocycles. The van der Waals surface area contributed by atoms with Gasteiger partial charge in [-0.2, -0.15) is 0 Å². The van der Waals surface area contributed by atoms with Crippen LogP contribution < -0.4 is 0 Å². The second kappa shape index (κ2) is 8.73. The van der Waals surface area contributed by atoms with Gasteiger partial charge in [0.25, 0.3) is 0 Å². The molecule has 3 aromatic rings. The summed E-state index contributed by atoms with van der Waals surface area (Å²) in [5.74, 6) is 0.0126. The summed E-state index contributed by atoms with van der Waals surface area (Å²) >= 11 is 6.16. The molecule has 7 nitrogen and oxygen atoms in total. The highest BCUT2D eigenvalue weighted by Crippen LogP contribution is 2.42. The van der Waals surface area contributed by atoms with Gasteiger partial charge in [0, 0.05) is 54.2 Å². The van der Waals surface area contributed by atoms with Crippen LogP contribution >= 0.6 is 11.6 Å². The van der Waals surface area contributed by atoms with Crippen LogP contribution in [0.3, 0.4) is 0 Å². The van der Waals surface area contributed by atoms with Gasteiger partial charge in [-0.05, 0) is 29.3 Å². The number of fused-ring (bicyclic) bond motifs is 4. The Balaban J connectivity index is 1.37. The van der Waals surface area contributed by atoms with E-state index < -0.39 is 6.04 Å². The highest BCUT2D eigenvalue weighted by molar-refractivity contribution is 6.30. The quantitative estimate of drug-likeness (QED) is 0.626. The van der Waals surface area contributed by atoms with Gasteiger partial charge in [0.1, 0.15) is 6.04 Å². The van der Waals surface area contributed by atoms with E-state index in [4.69, 9.17) is 16.3 Å². The zero-order chi connectivity index (χ0) is 23.2. The van der Waals surface area contributed by atoms with Gasteiger partial charge in [-0.15, -0.1) is 0 Å². The molecule has 2 saturated heterocycles. The first-order valence-electron chi connectivity index (χ1n) is 11.8. The summed E-state index contributed by atoms with van der Waals surface area (Å²) < 4.78 is 5.43. The second-order valence-electron chi connectivity index (χ2n) is 9.25. The second-order valence-corrected chi connectivity index (χ2v) is 9.69. The Kier molecular flexibility index (Phi) is 5.56. The number of nitrogens with zero attached hydrogens (tertiary/aromatic N) is 3. The number of halogens is 1. The number of carbonyl (C=O) groups is 2. The topological polar surface area (TPSA) is 68.9 Å². The van der Waals surface area contributed by atoms with Gasteiger partial charge >= 0.3 is 0 Å². The average molecular weight is 479 g/mol. The molecule has 2 amide bonds. The fraction of sp³-hybridized carbons (Fsp3) is 0.385. The van der Waals surface area contributed by atoms with Crippen LogP contribution in [0.25, 0.3) is 10.9 Å². The first-order chi connectivity index (χ1) is 16.6. The normalized spacial score (nSPS) is 23.3. The largest absolute Gasteiger partial charge is 0.379 e. The molecule has 2 aromatic carbocycles. The van der Waals surface area contributed by atoms with Gasteiger partial charge in [0.15, 0.2) is 0 Å².